The number of hydrogen-bond acceptors (Lipinski definition) is 3. The molecule has 2 aliphatic rings. The van der Waals surface area contributed by atoms with Gasteiger partial charge >= 0.3 is 0 Å². The molecule has 1 saturated carbocycles. The number of nitrogens with one attached hydrogen (secondary N) is 3. The van der Waals surface area contributed by atoms with Crippen molar-refractivity contribution >= 4 is 34.6 Å². The van der Waals surface area contributed by atoms with E-state index < -0.39 is 0 Å². The Hall–Kier alpha value is -1.14. The first-order chi connectivity index (χ1) is 9.72. The predicted molar refractivity (Wildman–Crippen MR) is 84.9 cm³/mol. The molecule has 4 nitrogen and oxygen atoms in total. The highest BCUT2D eigenvalue weighted by Crippen LogP contribution is 2.30. The molecule has 1 aromatic heterocycles. The van der Waals surface area contributed by atoms with Crippen molar-refractivity contribution < 1.29 is 4.79 Å². The summed E-state index contributed by atoms with van der Waals surface area (Å²) in [6.45, 7) is 0. The molecule has 0 atom stereocenters. The van der Waals surface area contributed by atoms with Gasteiger partial charge < -0.3 is 5.32 Å². The van der Waals surface area contributed by atoms with Gasteiger partial charge in [-0.1, -0.05) is 12.8 Å². The third-order valence-corrected chi connectivity index (χ3v) is 5.41. The average Bonchev–Trinajstić information content (AvgIpc) is 3.11. The van der Waals surface area contributed by atoms with Gasteiger partial charge in [-0.25, -0.2) is 0 Å². The minimum absolute atomic E-state index is 0.0972. The first kappa shape index (κ1) is 13.8. The van der Waals surface area contributed by atoms with Crippen LogP contribution in [0.4, 0.5) is 0 Å². The molecule has 0 radical (unpaired) electrons. The Bertz CT molecular complexity index is 499. The number of rotatable bonds is 2. The summed E-state index contributed by atoms with van der Waals surface area (Å²) in [5.74, 6) is -0.0972. The van der Waals surface area contributed by atoms with E-state index in [9.17, 15) is 4.79 Å². The second-order valence-corrected chi connectivity index (χ2v) is 6.99. The second-order valence-electron chi connectivity index (χ2n) is 5.45. The van der Waals surface area contributed by atoms with Gasteiger partial charge in [-0.05, 0) is 56.0 Å². The molecule has 108 valence electrons. The van der Waals surface area contributed by atoms with Crippen molar-refractivity contribution in [2.75, 3.05) is 0 Å². The SMILES string of the molecule is O=C(NNC(=S)NC1CCCC1)c1cc2c(s1)CCC2. The lowest BCUT2D eigenvalue weighted by Crippen LogP contribution is -2.49. The minimum Gasteiger partial charge on any atom is -0.359 e. The third kappa shape index (κ3) is 3.12. The molecular weight excluding hydrogens is 290 g/mol. The van der Waals surface area contributed by atoms with Crippen molar-refractivity contribution in [2.24, 2.45) is 0 Å². The van der Waals surface area contributed by atoms with Gasteiger partial charge in [0.05, 0.1) is 4.88 Å². The molecular formula is C14H19N3OS2. The molecule has 3 N–H and O–H groups in total. The van der Waals surface area contributed by atoms with E-state index in [0.717, 1.165) is 30.6 Å². The number of aryl methyl sites for hydroxylation is 2. The fourth-order valence-electron chi connectivity index (χ4n) is 2.91. The van der Waals surface area contributed by atoms with Crippen molar-refractivity contribution in [2.45, 2.75) is 51.0 Å². The highest BCUT2D eigenvalue weighted by molar-refractivity contribution is 7.80. The summed E-state index contributed by atoms with van der Waals surface area (Å²) in [7, 11) is 0. The van der Waals surface area contributed by atoms with E-state index in [1.54, 1.807) is 11.3 Å². The fourth-order valence-corrected chi connectivity index (χ4v) is 4.27. The molecule has 0 unspecified atom stereocenters. The van der Waals surface area contributed by atoms with Crippen LogP contribution >= 0.6 is 23.6 Å². The number of carbonyl (C=O) groups is 1. The molecule has 1 aromatic rings. The summed E-state index contributed by atoms with van der Waals surface area (Å²) in [4.78, 5) is 14.2. The van der Waals surface area contributed by atoms with Crippen LogP contribution < -0.4 is 16.2 Å². The fraction of sp³-hybridized carbons (Fsp3) is 0.571. The highest BCUT2D eigenvalue weighted by Gasteiger charge is 2.19. The smallest absolute Gasteiger partial charge is 0.279 e. The molecule has 20 heavy (non-hydrogen) atoms. The quantitative estimate of drug-likeness (QED) is 0.579. The maximum absolute atomic E-state index is 12.0. The number of thiophene rings is 1. The van der Waals surface area contributed by atoms with Crippen LogP contribution in [0.25, 0.3) is 0 Å². The van der Waals surface area contributed by atoms with Crippen LogP contribution in [0, 0.1) is 0 Å². The molecule has 1 heterocycles. The van der Waals surface area contributed by atoms with Crippen molar-refractivity contribution in [3.63, 3.8) is 0 Å². The zero-order valence-corrected chi connectivity index (χ0v) is 13.0. The Labute approximate surface area is 128 Å². The Morgan fingerprint density at radius 3 is 2.75 bits per heavy atom. The Morgan fingerprint density at radius 1 is 1.20 bits per heavy atom. The second kappa shape index (κ2) is 6.10. The van der Waals surface area contributed by atoms with Gasteiger partial charge in [0.2, 0.25) is 0 Å². The topological polar surface area (TPSA) is 53.2 Å². The number of hydrazine groups is 1. The van der Waals surface area contributed by atoms with Crippen molar-refractivity contribution in [1.82, 2.24) is 16.2 Å². The van der Waals surface area contributed by atoms with Gasteiger partial charge in [0.15, 0.2) is 5.11 Å². The maximum atomic E-state index is 12.0. The Kier molecular flexibility index (Phi) is 4.21. The molecule has 2 aliphatic carbocycles. The van der Waals surface area contributed by atoms with E-state index in [1.807, 2.05) is 6.07 Å². The normalized spacial score (nSPS) is 17.8. The summed E-state index contributed by atoms with van der Waals surface area (Å²) >= 11 is 6.79. The predicted octanol–water partition coefficient (Wildman–Crippen LogP) is 2.29. The van der Waals surface area contributed by atoms with Gasteiger partial charge in [-0.3, -0.25) is 15.6 Å². The summed E-state index contributed by atoms with van der Waals surface area (Å²) in [5.41, 5.74) is 6.82. The number of thiocarbonyl (C=S) groups is 1. The van der Waals surface area contributed by atoms with Gasteiger partial charge in [-0.2, -0.15) is 0 Å². The van der Waals surface area contributed by atoms with Crippen molar-refractivity contribution in [3.8, 4) is 0 Å². The van der Waals surface area contributed by atoms with Crippen LogP contribution in [0.5, 0.6) is 0 Å². The standard InChI is InChI=1S/C14H19N3OS2/c18-13(12-8-9-4-3-7-11(9)20-12)16-17-14(19)15-10-5-1-2-6-10/h8,10H,1-7H2,(H,16,18)(H2,15,17,19). The third-order valence-electron chi connectivity index (χ3n) is 3.95. The van der Waals surface area contributed by atoms with Crippen LogP contribution in [0.3, 0.4) is 0 Å². The van der Waals surface area contributed by atoms with Gasteiger partial charge in [0.25, 0.3) is 5.91 Å². The number of carbonyl (C=O) groups excluding carboxylic acids is 1. The number of hydrogen-bond donors (Lipinski definition) is 3. The lowest BCUT2D eigenvalue weighted by molar-refractivity contribution is 0.0947. The van der Waals surface area contributed by atoms with Crippen LogP contribution in [-0.4, -0.2) is 17.1 Å². The van der Waals surface area contributed by atoms with E-state index >= 15 is 0 Å². The molecule has 0 aliphatic heterocycles. The van der Waals surface area contributed by atoms with E-state index in [0.29, 0.717) is 11.2 Å². The summed E-state index contributed by atoms with van der Waals surface area (Å²) < 4.78 is 0. The van der Waals surface area contributed by atoms with Crippen LogP contribution in [0.1, 0.15) is 52.2 Å². The molecule has 0 bridgehead atoms. The number of fused-ring (bicyclic) bond motifs is 1. The summed E-state index contributed by atoms with van der Waals surface area (Å²) in [5, 5.41) is 3.74. The Morgan fingerprint density at radius 2 is 2.00 bits per heavy atom. The zero-order valence-electron chi connectivity index (χ0n) is 11.3. The molecule has 0 saturated heterocycles. The first-order valence-electron chi connectivity index (χ1n) is 7.21. The highest BCUT2D eigenvalue weighted by atomic mass is 32.1. The van der Waals surface area contributed by atoms with Gasteiger partial charge in [0, 0.05) is 10.9 Å². The zero-order chi connectivity index (χ0) is 13.9. The lowest BCUT2D eigenvalue weighted by atomic mass is 10.2. The molecule has 6 heteroatoms. The van der Waals surface area contributed by atoms with Crippen LogP contribution in [-0.2, 0) is 12.8 Å². The van der Waals surface area contributed by atoms with Gasteiger partial charge in [-0.15, -0.1) is 11.3 Å². The van der Waals surface area contributed by atoms with Gasteiger partial charge in [0.1, 0.15) is 0 Å². The average molecular weight is 309 g/mol. The molecule has 1 fully saturated rings. The monoisotopic (exact) mass is 309 g/mol. The van der Waals surface area contributed by atoms with Crippen LogP contribution in [0.2, 0.25) is 0 Å². The van der Waals surface area contributed by atoms with E-state index in [2.05, 4.69) is 16.2 Å². The largest absolute Gasteiger partial charge is 0.359 e. The van der Waals surface area contributed by atoms with Crippen molar-refractivity contribution in [1.29, 1.82) is 0 Å². The minimum atomic E-state index is -0.0972. The molecule has 0 spiro atoms. The van der Waals surface area contributed by atoms with Crippen molar-refractivity contribution in [3.05, 3.63) is 21.4 Å². The summed E-state index contributed by atoms with van der Waals surface area (Å²) in [6.07, 6.45) is 8.27. The Balaban J connectivity index is 1.47. The first-order valence-corrected chi connectivity index (χ1v) is 8.43. The van der Waals surface area contributed by atoms with E-state index in [1.165, 1.54) is 29.7 Å². The lowest BCUT2D eigenvalue weighted by Gasteiger charge is -2.15. The summed E-state index contributed by atoms with van der Waals surface area (Å²) in [6, 6.07) is 2.47. The molecule has 0 aromatic carbocycles. The number of amides is 1. The maximum Gasteiger partial charge on any atom is 0.279 e. The van der Waals surface area contributed by atoms with Crippen LogP contribution in [0.15, 0.2) is 6.07 Å². The van der Waals surface area contributed by atoms with E-state index in [-0.39, 0.29) is 5.91 Å². The van der Waals surface area contributed by atoms with E-state index in [4.69, 9.17) is 12.2 Å². The molecule has 3 rings (SSSR count). The molecule has 1 amide bonds.